The molecule has 8 heteroatoms. The highest BCUT2D eigenvalue weighted by Crippen LogP contribution is 2.34. The molecule has 0 atom stereocenters. The maximum absolute atomic E-state index is 12.7. The smallest absolute Gasteiger partial charge is 0.416 e. The number of esters is 1. The van der Waals surface area contributed by atoms with Crippen LogP contribution < -0.4 is 0 Å². The number of carbonyl (C=O) groups is 1. The molecule has 0 amide bonds. The predicted molar refractivity (Wildman–Crippen MR) is 99.4 cm³/mol. The zero-order valence-corrected chi connectivity index (χ0v) is 15.5. The molecule has 3 rings (SSSR count). The molecule has 1 heterocycles. The van der Waals surface area contributed by atoms with Gasteiger partial charge in [0.2, 0.25) is 0 Å². The van der Waals surface area contributed by atoms with Gasteiger partial charge in [-0.2, -0.15) is 13.2 Å². The minimum atomic E-state index is -4.41. The number of carbonyl (C=O) groups excluding carboxylic acids is 1. The van der Waals surface area contributed by atoms with E-state index in [0.29, 0.717) is 28.1 Å². The number of ether oxygens (including phenoxy) is 2. The van der Waals surface area contributed by atoms with Crippen molar-refractivity contribution < 1.29 is 32.0 Å². The highest BCUT2D eigenvalue weighted by atomic mass is 19.4. The SMILES string of the molecule is CO/C=C(/C(=O)OC)c1ccccc1-c1cc(-c2ccc(C(F)(F)F)cc2)on1. The number of hydrogen-bond donors (Lipinski definition) is 0. The van der Waals surface area contributed by atoms with Crippen molar-refractivity contribution in [2.24, 2.45) is 0 Å². The van der Waals surface area contributed by atoms with Crippen LogP contribution in [0.15, 0.2) is 65.4 Å². The average Bonchev–Trinajstić information content (AvgIpc) is 3.21. The van der Waals surface area contributed by atoms with Gasteiger partial charge in [0, 0.05) is 22.8 Å². The van der Waals surface area contributed by atoms with Gasteiger partial charge in [0.15, 0.2) is 5.76 Å². The number of aromatic nitrogens is 1. The monoisotopic (exact) mass is 403 g/mol. The molecular formula is C21H16F3NO4. The van der Waals surface area contributed by atoms with Crippen LogP contribution in [0.1, 0.15) is 11.1 Å². The van der Waals surface area contributed by atoms with Crippen LogP contribution in [0.2, 0.25) is 0 Å². The van der Waals surface area contributed by atoms with E-state index in [-0.39, 0.29) is 5.57 Å². The van der Waals surface area contributed by atoms with Gasteiger partial charge < -0.3 is 14.0 Å². The Morgan fingerprint density at radius 1 is 1.07 bits per heavy atom. The van der Waals surface area contributed by atoms with E-state index in [2.05, 4.69) is 5.16 Å². The summed E-state index contributed by atoms with van der Waals surface area (Å²) >= 11 is 0. The van der Waals surface area contributed by atoms with Crippen molar-refractivity contribution in [3.05, 3.63) is 72.0 Å². The Labute approximate surface area is 164 Å². The first-order chi connectivity index (χ1) is 13.8. The van der Waals surface area contributed by atoms with Crippen molar-refractivity contribution in [3.63, 3.8) is 0 Å². The fraction of sp³-hybridized carbons (Fsp3) is 0.143. The number of methoxy groups -OCH3 is 2. The average molecular weight is 403 g/mol. The Bertz CT molecular complexity index is 1040. The Morgan fingerprint density at radius 2 is 1.76 bits per heavy atom. The first kappa shape index (κ1) is 20.2. The van der Waals surface area contributed by atoms with Crippen molar-refractivity contribution >= 4 is 11.5 Å². The molecule has 0 saturated carbocycles. The van der Waals surface area contributed by atoms with E-state index in [0.717, 1.165) is 12.1 Å². The molecule has 0 saturated heterocycles. The van der Waals surface area contributed by atoms with Crippen LogP contribution in [-0.2, 0) is 20.4 Å². The Hall–Kier alpha value is -3.55. The van der Waals surface area contributed by atoms with Crippen LogP contribution in [0, 0.1) is 0 Å². The van der Waals surface area contributed by atoms with E-state index in [9.17, 15) is 18.0 Å². The van der Waals surface area contributed by atoms with Gasteiger partial charge in [-0.25, -0.2) is 4.79 Å². The Morgan fingerprint density at radius 3 is 2.38 bits per heavy atom. The van der Waals surface area contributed by atoms with Crippen LogP contribution in [0.4, 0.5) is 13.2 Å². The third-order valence-electron chi connectivity index (χ3n) is 4.14. The molecule has 29 heavy (non-hydrogen) atoms. The number of alkyl halides is 3. The minimum absolute atomic E-state index is 0.185. The van der Waals surface area contributed by atoms with Crippen LogP contribution in [0.3, 0.4) is 0 Å². The van der Waals surface area contributed by atoms with Gasteiger partial charge in [-0.05, 0) is 12.1 Å². The molecule has 3 aromatic rings. The molecule has 0 spiro atoms. The molecule has 0 radical (unpaired) electrons. The van der Waals surface area contributed by atoms with E-state index in [4.69, 9.17) is 14.0 Å². The standard InChI is InChI=1S/C21H16F3NO4/c1-27-12-17(20(26)28-2)15-5-3-4-6-16(15)18-11-19(29-25-18)13-7-9-14(10-8-13)21(22,23)24/h3-12H,1-2H3/b17-12+. The lowest BCUT2D eigenvalue weighted by molar-refractivity contribution is -0.137. The third kappa shape index (κ3) is 4.31. The van der Waals surface area contributed by atoms with E-state index in [1.54, 1.807) is 30.3 Å². The van der Waals surface area contributed by atoms with Gasteiger partial charge in [0.25, 0.3) is 0 Å². The molecule has 5 nitrogen and oxygen atoms in total. The highest BCUT2D eigenvalue weighted by molar-refractivity contribution is 6.17. The maximum atomic E-state index is 12.7. The van der Waals surface area contributed by atoms with Crippen molar-refractivity contribution in [2.75, 3.05) is 14.2 Å². The largest absolute Gasteiger partial charge is 0.503 e. The second-order valence-corrected chi connectivity index (χ2v) is 5.96. The first-order valence-corrected chi connectivity index (χ1v) is 8.40. The zero-order chi connectivity index (χ0) is 21.0. The summed E-state index contributed by atoms with van der Waals surface area (Å²) in [6.07, 6.45) is -3.15. The normalized spacial score (nSPS) is 12.0. The number of benzene rings is 2. The molecule has 0 bridgehead atoms. The molecule has 0 N–H and O–H groups in total. The minimum Gasteiger partial charge on any atom is -0.503 e. The quantitative estimate of drug-likeness (QED) is 0.333. The van der Waals surface area contributed by atoms with E-state index < -0.39 is 17.7 Å². The van der Waals surface area contributed by atoms with Crippen LogP contribution >= 0.6 is 0 Å². The van der Waals surface area contributed by atoms with Gasteiger partial charge in [-0.15, -0.1) is 0 Å². The molecule has 0 unspecified atom stereocenters. The van der Waals surface area contributed by atoms with Gasteiger partial charge in [-0.1, -0.05) is 41.6 Å². The molecule has 0 aliphatic heterocycles. The summed E-state index contributed by atoms with van der Waals surface area (Å²) in [6, 6.07) is 13.1. The predicted octanol–water partition coefficient (Wildman–Crippen LogP) is 5.19. The van der Waals surface area contributed by atoms with E-state index >= 15 is 0 Å². The Balaban J connectivity index is 1.99. The molecular weight excluding hydrogens is 387 g/mol. The van der Waals surface area contributed by atoms with Crippen LogP contribution in [-0.4, -0.2) is 25.3 Å². The van der Waals surface area contributed by atoms with Crippen molar-refractivity contribution in [3.8, 4) is 22.6 Å². The number of nitrogens with zero attached hydrogens (tertiary/aromatic N) is 1. The summed E-state index contributed by atoms with van der Waals surface area (Å²) in [7, 11) is 2.66. The summed E-state index contributed by atoms with van der Waals surface area (Å²) in [5, 5.41) is 4.00. The highest BCUT2D eigenvalue weighted by Gasteiger charge is 2.30. The van der Waals surface area contributed by atoms with Gasteiger partial charge in [0.05, 0.1) is 26.0 Å². The lowest BCUT2D eigenvalue weighted by Crippen LogP contribution is -2.05. The van der Waals surface area contributed by atoms with E-state index in [1.165, 1.54) is 32.6 Å². The lowest BCUT2D eigenvalue weighted by atomic mass is 9.98. The van der Waals surface area contributed by atoms with Crippen LogP contribution in [0.5, 0.6) is 0 Å². The second-order valence-electron chi connectivity index (χ2n) is 5.96. The maximum Gasteiger partial charge on any atom is 0.416 e. The molecule has 0 fully saturated rings. The molecule has 0 aliphatic carbocycles. The summed E-state index contributed by atoms with van der Waals surface area (Å²) in [6.45, 7) is 0. The number of rotatable bonds is 5. The summed E-state index contributed by atoms with van der Waals surface area (Å²) in [5.41, 5.74) is 1.36. The van der Waals surface area contributed by atoms with Gasteiger partial charge in [-0.3, -0.25) is 0 Å². The molecule has 1 aromatic heterocycles. The van der Waals surface area contributed by atoms with E-state index in [1.807, 2.05) is 0 Å². The van der Waals surface area contributed by atoms with Gasteiger partial charge in [0.1, 0.15) is 11.3 Å². The fourth-order valence-electron chi connectivity index (χ4n) is 2.75. The summed E-state index contributed by atoms with van der Waals surface area (Å²) in [5.74, 6) is -0.301. The van der Waals surface area contributed by atoms with Crippen LogP contribution in [0.25, 0.3) is 28.2 Å². The molecule has 0 aliphatic rings. The lowest BCUT2D eigenvalue weighted by Gasteiger charge is -2.09. The molecule has 150 valence electrons. The first-order valence-electron chi connectivity index (χ1n) is 8.40. The number of halogens is 3. The summed E-state index contributed by atoms with van der Waals surface area (Å²) in [4.78, 5) is 12.1. The van der Waals surface area contributed by atoms with Crippen molar-refractivity contribution in [1.29, 1.82) is 0 Å². The third-order valence-corrected chi connectivity index (χ3v) is 4.14. The van der Waals surface area contributed by atoms with Crippen molar-refractivity contribution in [2.45, 2.75) is 6.18 Å². The number of hydrogen-bond acceptors (Lipinski definition) is 5. The fourth-order valence-corrected chi connectivity index (χ4v) is 2.75. The van der Waals surface area contributed by atoms with Crippen molar-refractivity contribution in [1.82, 2.24) is 5.16 Å². The Kier molecular flexibility index (Phi) is 5.72. The van der Waals surface area contributed by atoms with Gasteiger partial charge >= 0.3 is 12.1 Å². The molecule has 2 aromatic carbocycles. The zero-order valence-electron chi connectivity index (χ0n) is 15.5. The summed E-state index contributed by atoms with van der Waals surface area (Å²) < 4.78 is 53.3. The topological polar surface area (TPSA) is 61.6 Å². The second kappa shape index (κ2) is 8.22.